The van der Waals surface area contributed by atoms with Gasteiger partial charge in [-0.05, 0) is 54.2 Å². The van der Waals surface area contributed by atoms with Gasteiger partial charge in [-0.2, -0.15) is 0 Å². The summed E-state index contributed by atoms with van der Waals surface area (Å²) in [4.78, 5) is 12.5. The standard InChI is InChI=1S/C19H18O6/c20-13-5-1-9(7-15(13)22)11-3-4-12-17(11)19(24)25-18(12)10-2-6-14(21)16(23)8-10/h1-2,5-8,11-12,17-18,20-23H,3-4H2. The highest BCUT2D eigenvalue weighted by atomic mass is 16.6. The third kappa shape index (κ3) is 2.45. The normalized spacial score (nSPS) is 27.9. The molecule has 2 aliphatic rings. The van der Waals surface area contributed by atoms with Crippen LogP contribution < -0.4 is 0 Å². The number of aromatic hydroxyl groups is 4. The topological polar surface area (TPSA) is 107 Å². The van der Waals surface area contributed by atoms with Crippen LogP contribution in [0.25, 0.3) is 0 Å². The van der Waals surface area contributed by atoms with Gasteiger partial charge in [-0.15, -0.1) is 0 Å². The van der Waals surface area contributed by atoms with Gasteiger partial charge < -0.3 is 25.2 Å². The van der Waals surface area contributed by atoms with Gasteiger partial charge in [0.1, 0.15) is 6.10 Å². The highest BCUT2D eigenvalue weighted by Crippen LogP contribution is 2.55. The second-order valence-corrected chi connectivity index (χ2v) is 6.73. The molecule has 1 heterocycles. The molecule has 1 saturated carbocycles. The Morgan fingerprint density at radius 3 is 2.04 bits per heavy atom. The fourth-order valence-electron chi connectivity index (χ4n) is 4.18. The molecule has 4 unspecified atom stereocenters. The number of hydrogen-bond donors (Lipinski definition) is 4. The molecule has 2 aromatic rings. The Kier molecular flexibility index (Phi) is 3.49. The van der Waals surface area contributed by atoms with Crippen LogP contribution in [0.4, 0.5) is 0 Å². The van der Waals surface area contributed by atoms with Gasteiger partial charge in [-0.25, -0.2) is 0 Å². The number of carbonyl (C=O) groups excluding carboxylic acids is 1. The summed E-state index contributed by atoms with van der Waals surface area (Å²) < 4.78 is 5.57. The van der Waals surface area contributed by atoms with Crippen molar-refractivity contribution in [1.29, 1.82) is 0 Å². The first kappa shape index (κ1) is 15.6. The predicted molar refractivity (Wildman–Crippen MR) is 87.3 cm³/mol. The Morgan fingerprint density at radius 1 is 0.800 bits per heavy atom. The monoisotopic (exact) mass is 342 g/mol. The number of benzene rings is 2. The zero-order valence-corrected chi connectivity index (χ0v) is 13.3. The molecule has 130 valence electrons. The molecular weight excluding hydrogens is 324 g/mol. The summed E-state index contributed by atoms with van der Waals surface area (Å²) in [6.07, 6.45) is 1.09. The summed E-state index contributed by atoms with van der Waals surface area (Å²) in [7, 11) is 0. The molecule has 1 saturated heterocycles. The first-order chi connectivity index (χ1) is 12.0. The van der Waals surface area contributed by atoms with Gasteiger partial charge in [0.15, 0.2) is 23.0 Å². The Balaban J connectivity index is 1.65. The predicted octanol–water partition coefficient (Wildman–Crippen LogP) is 2.92. The summed E-state index contributed by atoms with van der Waals surface area (Å²) >= 11 is 0. The highest BCUT2D eigenvalue weighted by Gasteiger charge is 2.53. The van der Waals surface area contributed by atoms with E-state index < -0.39 is 6.10 Å². The molecule has 0 aromatic heterocycles. The fourth-order valence-corrected chi connectivity index (χ4v) is 4.18. The maximum atomic E-state index is 12.5. The van der Waals surface area contributed by atoms with E-state index in [0.717, 1.165) is 18.4 Å². The Labute approximate surface area is 143 Å². The zero-order valence-electron chi connectivity index (χ0n) is 13.3. The van der Waals surface area contributed by atoms with Crippen molar-refractivity contribution in [1.82, 2.24) is 0 Å². The van der Waals surface area contributed by atoms with E-state index in [2.05, 4.69) is 0 Å². The van der Waals surface area contributed by atoms with Crippen LogP contribution in [0.15, 0.2) is 36.4 Å². The van der Waals surface area contributed by atoms with Crippen molar-refractivity contribution in [3.8, 4) is 23.0 Å². The van der Waals surface area contributed by atoms with Crippen molar-refractivity contribution in [2.75, 3.05) is 0 Å². The third-order valence-electron chi connectivity index (χ3n) is 5.37. The molecule has 6 nitrogen and oxygen atoms in total. The molecule has 1 aliphatic heterocycles. The van der Waals surface area contributed by atoms with Gasteiger partial charge in [0.25, 0.3) is 0 Å². The number of cyclic esters (lactones) is 1. The zero-order chi connectivity index (χ0) is 17.7. The molecule has 2 fully saturated rings. The van der Waals surface area contributed by atoms with Crippen molar-refractivity contribution in [2.24, 2.45) is 11.8 Å². The molecule has 6 heteroatoms. The number of esters is 1. The van der Waals surface area contributed by atoms with Crippen LogP contribution in [0.1, 0.15) is 36.0 Å². The second kappa shape index (κ2) is 5.58. The molecule has 0 amide bonds. The Bertz CT molecular complexity index is 796. The maximum Gasteiger partial charge on any atom is 0.310 e. The van der Waals surface area contributed by atoms with Gasteiger partial charge in [-0.3, -0.25) is 4.79 Å². The maximum absolute atomic E-state index is 12.5. The van der Waals surface area contributed by atoms with E-state index in [4.69, 9.17) is 4.74 Å². The number of ether oxygens (including phenoxy) is 1. The number of hydrogen-bond acceptors (Lipinski definition) is 6. The lowest BCUT2D eigenvalue weighted by Gasteiger charge is -2.17. The van der Waals surface area contributed by atoms with E-state index in [1.807, 2.05) is 0 Å². The SMILES string of the molecule is O=C1OC(c2ccc(O)c(O)c2)C2CCC(c3ccc(O)c(O)c3)C12. The number of phenolic OH excluding ortho intramolecular Hbond substituents is 4. The minimum Gasteiger partial charge on any atom is -0.504 e. The summed E-state index contributed by atoms with van der Waals surface area (Å²) in [5.41, 5.74) is 1.46. The average molecular weight is 342 g/mol. The Hall–Kier alpha value is -2.89. The lowest BCUT2D eigenvalue weighted by molar-refractivity contribution is -0.145. The highest BCUT2D eigenvalue weighted by molar-refractivity contribution is 5.77. The molecule has 2 aromatic carbocycles. The fraction of sp³-hybridized carbons (Fsp3) is 0.316. The van der Waals surface area contributed by atoms with E-state index in [9.17, 15) is 25.2 Å². The quantitative estimate of drug-likeness (QED) is 0.494. The van der Waals surface area contributed by atoms with Crippen molar-refractivity contribution in [3.05, 3.63) is 47.5 Å². The molecule has 4 rings (SSSR count). The minimum absolute atomic E-state index is 0.0302. The van der Waals surface area contributed by atoms with Gasteiger partial charge in [0.2, 0.25) is 0 Å². The van der Waals surface area contributed by atoms with Crippen molar-refractivity contribution in [3.63, 3.8) is 0 Å². The molecule has 4 atom stereocenters. The lowest BCUT2D eigenvalue weighted by atomic mass is 9.83. The smallest absolute Gasteiger partial charge is 0.310 e. The second-order valence-electron chi connectivity index (χ2n) is 6.73. The number of phenols is 4. The van der Waals surface area contributed by atoms with E-state index in [0.29, 0.717) is 5.56 Å². The summed E-state index contributed by atoms with van der Waals surface area (Å²) in [5.74, 6) is -1.58. The molecule has 0 radical (unpaired) electrons. The van der Waals surface area contributed by atoms with Gasteiger partial charge in [0.05, 0.1) is 5.92 Å². The summed E-state index contributed by atoms with van der Waals surface area (Å²) in [6.45, 7) is 0. The largest absolute Gasteiger partial charge is 0.504 e. The summed E-state index contributed by atoms with van der Waals surface area (Å²) in [6, 6.07) is 9.10. The van der Waals surface area contributed by atoms with Crippen LogP contribution in [0.2, 0.25) is 0 Å². The Morgan fingerprint density at radius 2 is 1.40 bits per heavy atom. The van der Waals surface area contributed by atoms with Crippen LogP contribution in [0.3, 0.4) is 0 Å². The molecule has 1 aliphatic carbocycles. The van der Waals surface area contributed by atoms with Crippen LogP contribution in [-0.2, 0) is 9.53 Å². The minimum atomic E-state index is -0.459. The average Bonchev–Trinajstić information content (AvgIpc) is 3.15. The molecule has 4 N–H and O–H groups in total. The first-order valence-electron chi connectivity index (χ1n) is 8.20. The van der Waals surface area contributed by atoms with Crippen molar-refractivity contribution < 1.29 is 30.0 Å². The van der Waals surface area contributed by atoms with Crippen molar-refractivity contribution in [2.45, 2.75) is 24.9 Å². The first-order valence-corrected chi connectivity index (χ1v) is 8.20. The lowest BCUT2D eigenvalue weighted by Crippen LogP contribution is -2.17. The molecule has 25 heavy (non-hydrogen) atoms. The van der Waals surface area contributed by atoms with Crippen molar-refractivity contribution >= 4 is 5.97 Å². The van der Waals surface area contributed by atoms with Gasteiger partial charge >= 0.3 is 5.97 Å². The van der Waals surface area contributed by atoms with E-state index in [1.165, 1.54) is 24.3 Å². The van der Waals surface area contributed by atoms with E-state index in [-0.39, 0.29) is 46.7 Å². The molecular formula is C19H18O6. The molecule has 0 spiro atoms. The van der Waals surface area contributed by atoms with Crippen LogP contribution in [0, 0.1) is 11.8 Å². The van der Waals surface area contributed by atoms with E-state index >= 15 is 0 Å². The van der Waals surface area contributed by atoms with Crippen LogP contribution in [-0.4, -0.2) is 26.4 Å². The number of rotatable bonds is 2. The van der Waals surface area contributed by atoms with E-state index in [1.54, 1.807) is 12.1 Å². The molecule has 0 bridgehead atoms. The number of fused-ring (bicyclic) bond motifs is 1. The summed E-state index contributed by atoms with van der Waals surface area (Å²) in [5, 5.41) is 38.4. The van der Waals surface area contributed by atoms with Crippen LogP contribution in [0.5, 0.6) is 23.0 Å². The number of carbonyl (C=O) groups is 1. The van der Waals surface area contributed by atoms with Crippen LogP contribution >= 0.6 is 0 Å². The van der Waals surface area contributed by atoms with Gasteiger partial charge in [0, 0.05) is 5.92 Å². The third-order valence-corrected chi connectivity index (χ3v) is 5.37. The van der Waals surface area contributed by atoms with Gasteiger partial charge in [-0.1, -0.05) is 12.1 Å².